The van der Waals surface area contributed by atoms with Crippen LogP contribution in [0.15, 0.2) is 41.3 Å². The molecule has 0 spiro atoms. The van der Waals surface area contributed by atoms with E-state index in [-0.39, 0.29) is 11.6 Å². The first-order valence-corrected chi connectivity index (χ1v) is 8.52. The number of nitrogens with zero attached hydrogens (tertiary/aromatic N) is 4. The van der Waals surface area contributed by atoms with Crippen molar-refractivity contribution < 1.29 is 13.2 Å². The maximum absolute atomic E-state index is 13.0. The van der Waals surface area contributed by atoms with Crippen molar-refractivity contribution in [1.82, 2.24) is 14.3 Å². The molecule has 0 amide bonds. The molecule has 28 heavy (non-hydrogen) atoms. The van der Waals surface area contributed by atoms with Crippen LogP contribution in [0.4, 0.5) is 13.2 Å². The number of hydrogen-bond acceptors (Lipinski definition) is 3. The summed E-state index contributed by atoms with van der Waals surface area (Å²) in [7, 11) is 0. The normalized spacial score (nSPS) is 11.5. The molecule has 0 aliphatic carbocycles. The zero-order valence-electron chi connectivity index (χ0n) is 14.9. The molecular weight excluding hydrogens is 393 g/mol. The summed E-state index contributed by atoms with van der Waals surface area (Å²) in [6.45, 7) is 3.41. The Hall–Kier alpha value is -3.05. The number of halogens is 4. The summed E-state index contributed by atoms with van der Waals surface area (Å²) < 4.78 is 41.5. The van der Waals surface area contributed by atoms with Gasteiger partial charge in [0.1, 0.15) is 6.07 Å². The fourth-order valence-corrected chi connectivity index (χ4v) is 3.09. The number of nitriles is 1. The van der Waals surface area contributed by atoms with E-state index in [2.05, 4.69) is 5.10 Å². The Labute approximate surface area is 163 Å². The highest BCUT2D eigenvalue weighted by atomic mass is 35.5. The van der Waals surface area contributed by atoms with E-state index in [1.807, 2.05) is 6.07 Å². The molecule has 0 fully saturated rings. The Morgan fingerprint density at radius 1 is 1.21 bits per heavy atom. The van der Waals surface area contributed by atoms with Gasteiger partial charge in [0.25, 0.3) is 5.56 Å². The summed E-state index contributed by atoms with van der Waals surface area (Å²) in [5.41, 5.74) is 1.34. The van der Waals surface area contributed by atoms with E-state index in [1.54, 1.807) is 36.7 Å². The van der Waals surface area contributed by atoms with Crippen LogP contribution in [0.3, 0.4) is 0 Å². The first-order valence-electron chi connectivity index (χ1n) is 8.14. The molecule has 0 saturated carbocycles. The van der Waals surface area contributed by atoms with Crippen molar-refractivity contribution in [2.45, 2.75) is 26.6 Å². The Bertz CT molecular complexity index is 1160. The van der Waals surface area contributed by atoms with Gasteiger partial charge in [0.15, 0.2) is 0 Å². The number of pyridine rings is 1. The van der Waals surface area contributed by atoms with Crippen LogP contribution in [-0.2, 0) is 12.7 Å². The van der Waals surface area contributed by atoms with Crippen LogP contribution in [-0.4, -0.2) is 14.3 Å². The maximum Gasteiger partial charge on any atom is 0.417 e. The van der Waals surface area contributed by atoms with E-state index in [9.17, 15) is 18.0 Å². The average Bonchev–Trinajstić information content (AvgIpc) is 2.90. The zero-order valence-corrected chi connectivity index (χ0v) is 15.6. The minimum atomic E-state index is -4.54. The van der Waals surface area contributed by atoms with Crippen molar-refractivity contribution in [2.75, 3.05) is 0 Å². The van der Waals surface area contributed by atoms with Crippen LogP contribution in [0.2, 0.25) is 5.02 Å². The quantitative estimate of drug-likeness (QED) is 0.653. The molecule has 0 radical (unpaired) electrons. The summed E-state index contributed by atoms with van der Waals surface area (Å²) >= 11 is 6.07. The van der Waals surface area contributed by atoms with E-state index in [0.717, 1.165) is 22.9 Å². The van der Waals surface area contributed by atoms with E-state index >= 15 is 0 Å². The highest BCUT2D eigenvalue weighted by Crippen LogP contribution is 2.28. The summed E-state index contributed by atoms with van der Waals surface area (Å²) in [6, 6.07) is 8.45. The van der Waals surface area contributed by atoms with Gasteiger partial charge >= 0.3 is 6.18 Å². The molecule has 0 atom stereocenters. The van der Waals surface area contributed by atoms with E-state index in [1.165, 1.54) is 0 Å². The lowest BCUT2D eigenvalue weighted by atomic mass is 10.1. The van der Waals surface area contributed by atoms with Crippen molar-refractivity contribution in [3.63, 3.8) is 0 Å². The molecule has 2 aromatic heterocycles. The number of aromatic nitrogens is 3. The molecule has 0 saturated heterocycles. The van der Waals surface area contributed by atoms with Crippen molar-refractivity contribution >= 4 is 11.6 Å². The van der Waals surface area contributed by atoms with Gasteiger partial charge in [0, 0.05) is 23.5 Å². The van der Waals surface area contributed by atoms with Gasteiger partial charge in [-0.25, -0.2) is 4.68 Å². The Morgan fingerprint density at radius 3 is 2.54 bits per heavy atom. The fraction of sp³-hybridized carbons (Fsp3) is 0.211. The molecule has 3 aromatic rings. The highest BCUT2D eigenvalue weighted by Gasteiger charge is 2.31. The first-order chi connectivity index (χ1) is 13.1. The monoisotopic (exact) mass is 406 g/mol. The van der Waals surface area contributed by atoms with Crippen LogP contribution in [0.1, 0.15) is 28.1 Å². The van der Waals surface area contributed by atoms with Gasteiger partial charge in [-0.05, 0) is 38.1 Å². The average molecular weight is 407 g/mol. The predicted octanol–water partition coefficient (Wildman–Crippen LogP) is 4.24. The Morgan fingerprint density at radius 2 is 1.93 bits per heavy atom. The Balaban J connectivity index is 2.03. The van der Waals surface area contributed by atoms with Gasteiger partial charge in [-0.15, -0.1) is 0 Å². The first kappa shape index (κ1) is 19.7. The van der Waals surface area contributed by atoms with Crippen LogP contribution in [0, 0.1) is 25.2 Å². The van der Waals surface area contributed by atoms with Gasteiger partial charge < -0.3 is 4.57 Å². The number of rotatable bonds is 3. The summed E-state index contributed by atoms with van der Waals surface area (Å²) in [5, 5.41) is 13.7. The lowest BCUT2D eigenvalue weighted by molar-refractivity contribution is -0.138. The molecule has 0 N–H and O–H groups in total. The zero-order chi connectivity index (χ0) is 20.6. The third-order valence-electron chi connectivity index (χ3n) is 4.40. The standard InChI is InChI=1S/C19H14ClF3N4O/c1-11-16(10-26-9-14(19(21,22)23)4-6-18(26)28)12(2)27(25-11)15-5-3-13(8-24)17(20)7-15/h3-7,9H,10H2,1-2H3. The second-order valence-electron chi connectivity index (χ2n) is 6.22. The number of aryl methyl sites for hydroxylation is 1. The minimum absolute atomic E-state index is 0.0512. The molecule has 1 aromatic carbocycles. The second-order valence-corrected chi connectivity index (χ2v) is 6.63. The van der Waals surface area contributed by atoms with Crippen molar-refractivity contribution in [3.05, 3.63) is 80.0 Å². The summed E-state index contributed by atoms with van der Waals surface area (Å²) in [4.78, 5) is 12.0. The molecule has 0 unspecified atom stereocenters. The van der Waals surface area contributed by atoms with Gasteiger partial charge in [0.05, 0.1) is 34.1 Å². The molecule has 9 heteroatoms. The predicted molar refractivity (Wildman–Crippen MR) is 97.6 cm³/mol. The second kappa shape index (κ2) is 7.17. The molecule has 3 rings (SSSR count). The van der Waals surface area contributed by atoms with Crippen LogP contribution in [0.25, 0.3) is 5.69 Å². The van der Waals surface area contributed by atoms with Crippen molar-refractivity contribution in [2.24, 2.45) is 0 Å². The molecule has 144 valence electrons. The maximum atomic E-state index is 13.0. The van der Waals surface area contributed by atoms with Crippen molar-refractivity contribution in [1.29, 1.82) is 5.26 Å². The van der Waals surface area contributed by atoms with Gasteiger partial charge in [-0.2, -0.15) is 23.5 Å². The van der Waals surface area contributed by atoms with E-state index in [0.29, 0.717) is 28.2 Å². The van der Waals surface area contributed by atoms with E-state index in [4.69, 9.17) is 16.9 Å². The molecule has 2 heterocycles. The largest absolute Gasteiger partial charge is 0.417 e. The molecular formula is C19H14ClF3N4O. The minimum Gasteiger partial charge on any atom is -0.310 e. The van der Waals surface area contributed by atoms with Gasteiger partial charge in [0.2, 0.25) is 0 Å². The highest BCUT2D eigenvalue weighted by molar-refractivity contribution is 6.31. The van der Waals surface area contributed by atoms with Crippen LogP contribution >= 0.6 is 11.6 Å². The lowest BCUT2D eigenvalue weighted by Gasteiger charge is -2.11. The third-order valence-corrected chi connectivity index (χ3v) is 4.71. The summed E-state index contributed by atoms with van der Waals surface area (Å²) in [6.07, 6.45) is -3.74. The molecule has 5 nitrogen and oxygen atoms in total. The number of hydrogen-bond donors (Lipinski definition) is 0. The van der Waals surface area contributed by atoms with Crippen LogP contribution in [0.5, 0.6) is 0 Å². The van der Waals surface area contributed by atoms with Crippen molar-refractivity contribution in [3.8, 4) is 11.8 Å². The molecule has 0 aliphatic rings. The fourth-order valence-electron chi connectivity index (χ4n) is 2.87. The molecule has 0 bridgehead atoms. The smallest absolute Gasteiger partial charge is 0.310 e. The molecule has 0 aliphatic heterocycles. The summed E-state index contributed by atoms with van der Waals surface area (Å²) in [5.74, 6) is 0. The van der Waals surface area contributed by atoms with E-state index < -0.39 is 17.3 Å². The van der Waals surface area contributed by atoms with Crippen LogP contribution < -0.4 is 5.56 Å². The number of benzene rings is 1. The van der Waals surface area contributed by atoms with Gasteiger partial charge in [-0.3, -0.25) is 4.79 Å². The van der Waals surface area contributed by atoms with Gasteiger partial charge in [-0.1, -0.05) is 11.6 Å². The Kier molecular flexibility index (Phi) is 5.04. The SMILES string of the molecule is Cc1nn(-c2ccc(C#N)c(Cl)c2)c(C)c1Cn1cc(C(F)(F)F)ccc1=O. The topological polar surface area (TPSA) is 63.6 Å². The number of alkyl halides is 3. The lowest BCUT2D eigenvalue weighted by Crippen LogP contribution is -2.22. The third kappa shape index (κ3) is 3.66.